The quantitative estimate of drug-likeness (QED) is 0.787. The maximum Gasteiger partial charge on any atom is 0.261 e. The van der Waals surface area contributed by atoms with Crippen molar-refractivity contribution in [1.29, 1.82) is 0 Å². The Morgan fingerprint density at radius 3 is 2.65 bits per heavy atom. The lowest BCUT2D eigenvalue weighted by Crippen LogP contribution is -2.23. The first kappa shape index (κ1) is 15.9. The summed E-state index contributed by atoms with van der Waals surface area (Å²) in [5, 5.41) is 0.212. The Labute approximate surface area is 128 Å². The molecule has 2 rings (SSSR count). The summed E-state index contributed by atoms with van der Waals surface area (Å²) in [6, 6.07) is 4.14. The van der Waals surface area contributed by atoms with E-state index in [1.807, 2.05) is 13.8 Å². The van der Waals surface area contributed by atoms with E-state index in [4.69, 9.17) is 31.8 Å². The van der Waals surface area contributed by atoms with Crippen LogP contribution in [-0.4, -0.2) is 26.7 Å². The number of rotatable bonds is 4. The Morgan fingerprint density at radius 1 is 1.45 bits per heavy atom. The van der Waals surface area contributed by atoms with Gasteiger partial charge in [0.1, 0.15) is 12.4 Å². The molecular formula is C13H16Cl2O4S. The fourth-order valence-electron chi connectivity index (χ4n) is 2.13. The molecule has 1 unspecified atom stereocenters. The van der Waals surface area contributed by atoms with Crippen LogP contribution in [0.4, 0.5) is 0 Å². The average Bonchev–Trinajstić information content (AvgIpc) is 2.66. The Hall–Kier alpha value is -0.490. The smallest absolute Gasteiger partial charge is 0.261 e. The maximum atomic E-state index is 11.2. The molecule has 0 bridgehead atoms. The van der Waals surface area contributed by atoms with Gasteiger partial charge in [-0.2, -0.15) is 0 Å². The number of hydrogen-bond acceptors (Lipinski definition) is 4. The van der Waals surface area contributed by atoms with Crippen LogP contribution < -0.4 is 4.74 Å². The molecule has 0 N–H and O–H groups in total. The monoisotopic (exact) mass is 338 g/mol. The van der Waals surface area contributed by atoms with Crippen LogP contribution >= 0.6 is 22.3 Å². The van der Waals surface area contributed by atoms with Crippen LogP contribution in [0, 0.1) is 0 Å². The number of halogens is 2. The first-order chi connectivity index (χ1) is 9.17. The minimum atomic E-state index is -3.78. The zero-order valence-corrected chi connectivity index (χ0v) is 13.6. The van der Waals surface area contributed by atoms with Crippen LogP contribution in [0.5, 0.6) is 5.75 Å². The van der Waals surface area contributed by atoms with Gasteiger partial charge in [0.15, 0.2) is 0 Å². The molecule has 0 saturated carbocycles. The highest BCUT2D eigenvalue weighted by Gasteiger charge is 2.32. The van der Waals surface area contributed by atoms with Crippen molar-refractivity contribution >= 4 is 31.3 Å². The summed E-state index contributed by atoms with van der Waals surface area (Å²) in [5.41, 5.74) is -0.117. The lowest BCUT2D eigenvalue weighted by Gasteiger charge is -2.19. The SMILES string of the molecule is CC1(C)CCC(COc2ccc(S(=O)(=O)Cl)cc2Cl)O1. The van der Waals surface area contributed by atoms with Crippen molar-refractivity contribution in [1.82, 2.24) is 0 Å². The van der Waals surface area contributed by atoms with E-state index in [1.54, 1.807) is 0 Å². The van der Waals surface area contributed by atoms with Crippen LogP contribution in [0.15, 0.2) is 23.1 Å². The molecule has 7 heteroatoms. The molecule has 1 aliphatic rings. The van der Waals surface area contributed by atoms with E-state index in [9.17, 15) is 8.42 Å². The van der Waals surface area contributed by atoms with Crippen LogP contribution in [0.3, 0.4) is 0 Å². The van der Waals surface area contributed by atoms with Crippen molar-refractivity contribution in [2.45, 2.75) is 43.3 Å². The van der Waals surface area contributed by atoms with E-state index >= 15 is 0 Å². The summed E-state index contributed by atoms with van der Waals surface area (Å²) in [6.45, 7) is 4.47. The van der Waals surface area contributed by atoms with E-state index in [0.717, 1.165) is 12.8 Å². The molecule has 0 amide bonds. The van der Waals surface area contributed by atoms with Gasteiger partial charge in [0.05, 0.1) is 21.6 Å². The maximum absolute atomic E-state index is 11.2. The Balaban J connectivity index is 2.01. The molecule has 20 heavy (non-hydrogen) atoms. The number of hydrogen-bond donors (Lipinski definition) is 0. The molecule has 0 spiro atoms. The normalized spacial score (nSPS) is 21.9. The van der Waals surface area contributed by atoms with E-state index in [2.05, 4.69) is 0 Å². The summed E-state index contributed by atoms with van der Waals surface area (Å²) in [4.78, 5) is -0.0465. The summed E-state index contributed by atoms with van der Waals surface area (Å²) in [6.07, 6.45) is 1.94. The summed E-state index contributed by atoms with van der Waals surface area (Å²) < 4.78 is 33.8. The summed E-state index contributed by atoms with van der Waals surface area (Å²) >= 11 is 5.99. The fourth-order valence-corrected chi connectivity index (χ4v) is 3.20. The molecule has 112 valence electrons. The molecule has 0 aromatic heterocycles. The van der Waals surface area contributed by atoms with Gasteiger partial charge in [0.25, 0.3) is 9.05 Å². The lowest BCUT2D eigenvalue weighted by atomic mass is 10.1. The Kier molecular flexibility index (Phi) is 4.54. The van der Waals surface area contributed by atoms with Gasteiger partial charge in [-0.3, -0.25) is 0 Å². The molecule has 1 heterocycles. The number of benzene rings is 1. The zero-order valence-electron chi connectivity index (χ0n) is 11.2. The summed E-state index contributed by atoms with van der Waals surface area (Å²) in [5.74, 6) is 0.420. The summed E-state index contributed by atoms with van der Waals surface area (Å²) in [7, 11) is 1.47. The molecule has 4 nitrogen and oxygen atoms in total. The van der Waals surface area contributed by atoms with Gasteiger partial charge in [-0.05, 0) is 44.9 Å². The largest absolute Gasteiger partial charge is 0.489 e. The Morgan fingerprint density at radius 2 is 2.15 bits per heavy atom. The van der Waals surface area contributed by atoms with Crippen molar-refractivity contribution < 1.29 is 17.9 Å². The van der Waals surface area contributed by atoms with E-state index in [0.29, 0.717) is 12.4 Å². The second kappa shape index (κ2) is 5.72. The van der Waals surface area contributed by atoms with E-state index < -0.39 is 9.05 Å². The highest BCUT2D eigenvalue weighted by molar-refractivity contribution is 8.13. The average molecular weight is 339 g/mol. The molecule has 1 atom stereocenters. The predicted octanol–water partition coefficient (Wildman–Crippen LogP) is 3.60. The number of ether oxygens (including phenoxy) is 2. The molecule has 1 aliphatic heterocycles. The van der Waals surface area contributed by atoms with E-state index in [1.165, 1.54) is 18.2 Å². The van der Waals surface area contributed by atoms with Gasteiger partial charge < -0.3 is 9.47 Å². The van der Waals surface area contributed by atoms with Gasteiger partial charge in [-0.25, -0.2) is 8.42 Å². The first-order valence-electron chi connectivity index (χ1n) is 6.22. The van der Waals surface area contributed by atoms with Crippen LogP contribution in [0.2, 0.25) is 5.02 Å². The third-order valence-corrected chi connectivity index (χ3v) is 4.81. The minimum absolute atomic E-state index is 0.0255. The predicted molar refractivity (Wildman–Crippen MR) is 78.2 cm³/mol. The van der Waals surface area contributed by atoms with E-state index in [-0.39, 0.29) is 21.6 Å². The molecule has 1 fully saturated rings. The second-order valence-electron chi connectivity index (χ2n) is 5.38. The van der Waals surface area contributed by atoms with Gasteiger partial charge in [-0.1, -0.05) is 11.6 Å². The van der Waals surface area contributed by atoms with Crippen LogP contribution in [0.1, 0.15) is 26.7 Å². The molecular weight excluding hydrogens is 323 g/mol. The standard InChI is InChI=1S/C13H16Cl2O4S/c1-13(2)6-5-9(19-13)8-18-12-4-3-10(7-11(12)14)20(15,16)17/h3-4,7,9H,5-6,8H2,1-2H3. The molecule has 1 aromatic carbocycles. The van der Waals surface area contributed by atoms with Crippen molar-refractivity contribution in [2.75, 3.05) is 6.61 Å². The van der Waals surface area contributed by atoms with Gasteiger partial charge >= 0.3 is 0 Å². The second-order valence-corrected chi connectivity index (χ2v) is 8.35. The molecule has 0 radical (unpaired) electrons. The van der Waals surface area contributed by atoms with Crippen LogP contribution in [-0.2, 0) is 13.8 Å². The Bertz CT molecular complexity index is 598. The molecule has 1 saturated heterocycles. The minimum Gasteiger partial charge on any atom is -0.489 e. The highest BCUT2D eigenvalue weighted by Crippen LogP contribution is 2.32. The van der Waals surface area contributed by atoms with Gasteiger partial charge in [0.2, 0.25) is 0 Å². The van der Waals surface area contributed by atoms with Crippen LogP contribution in [0.25, 0.3) is 0 Å². The van der Waals surface area contributed by atoms with Gasteiger partial charge in [-0.15, -0.1) is 0 Å². The van der Waals surface area contributed by atoms with Gasteiger partial charge in [0, 0.05) is 10.7 Å². The lowest BCUT2D eigenvalue weighted by molar-refractivity contribution is -0.0326. The fraction of sp³-hybridized carbons (Fsp3) is 0.538. The molecule has 1 aromatic rings. The van der Waals surface area contributed by atoms with Crippen molar-refractivity contribution in [3.8, 4) is 5.75 Å². The third kappa shape index (κ3) is 4.01. The van der Waals surface area contributed by atoms with Crippen molar-refractivity contribution in [3.05, 3.63) is 23.2 Å². The van der Waals surface area contributed by atoms with Crippen molar-refractivity contribution in [3.63, 3.8) is 0 Å². The third-order valence-electron chi connectivity index (χ3n) is 3.16. The van der Waals surface area contributed by atoms with Crippen molar-refractivity contribution in [2.24, 2.45) is 0 Å². The zero-order chi connectivity index (χ0) is 15.0. The topological polar surface area (TPSA) is 52.6 Å². The highest BCUT2D eigenvalue weighted by atomic mass is 35.7. The first-order valence-corrected chi connectivity index (χ1v) is 8.91. The molecule has 0 aliphatic carbocycles.